The number of fused-ring (bicyclic) bond motifs is 1. The molecule has 0 bridgehead atoms. The largest absolute Gasteiger partial charge is 0.355 e. The van der Waals surface area contributed by atoms with Crippen molar-refractivity contribution < 1.29 is 4.79 Å². The van der Waals surface area contributed by atoms with E-state index in [9.17, 15) is 9.59 Å². The van der Waals surface area contributed by atoms with Gasteiger partial charge in [0.15, 0.2) is 5.65 Å². The fourth-order valence-corrected chi connectivity index (χ4v) is 1.70. The van der Waals surface area contributed by atoms with E-state index in [1.165, 1.54) is 11.7 Å². The average molecular weight is 220 g/mol. The molecule has 0 spiro atoms. The van der Waals surface area contributed by atoms with Gasteiger partial charge in [-0.3, -0.25) is 19.4 Å². The topological polar surface area (TPSA) is 79.8 Å². The first-order chi connectivity index (χ1) is 7.54. The number of carbonyl (C=O) groups excluding carboxylic acids is 1. The van der Waals surface area contributed by atoms with Gasteiger partial charge in [-0.25, -0.2) is 4.98 Å². The van der Waals surface area contributed by atoms with E-state index in [2.05, 4.69) is 15.4 Å². The van der Waals surface area contributed by atoms with Crippen molar-refractivity contribution in [1.82, 2.24) is 20.1 Å². The molecule has 0 aliphatic heterocycles. The number of nitrogens with one attached hydrogen (secondary N) is 2. The van der Waals surface area contributed by atoms with Gasteiger partial charge in [0.25, 0.3) is 11.5 Å². The van der Waals surface area contributed by atoms with Gasteiger partial charge >= 0.3 is 0 Å². The second-order valence-corrected chi connectivity index (χ2v) is 3.59. The summed E-state index contributed by atoms with van der Waals surface area (Å²) in [6.07, 6.45) is 0. The zero-order valence-corrected chi connectivity index (χ0v) is 9.29. The van der Waals surface area contributed by atoms with E-state index in [1.54, 1.807) is 20.0 Å². The molecular weight excluding hydrogens is 208 g/mol. The van der Waals surface area contributed by atoms with Crippen LogP contribution in [0.3, 0.4) is 0 Å². The molecule has 0 unspecified atom stereocenters. The van der Waals surface area contributed by atoms with Gasteiger partial charge in [-0.15, -0.1) is 0 Å². The van der Waals surface area contributed by atoms with Crippen LogP contribution in [0, 0.1) is 6.92 Å². The first-order valence-corrected chi connectivity index (χ1v) is 4.83. The van der Waals surface area contributed by atoms with E-state index in [1.807, 2.05) is 0 Å². The van der Waals surface area contributed by atoms with Crippen LogP contribution in [0.15, 0.2) is 10.9 Å². The summed E-state index contributed by atoms with van der Waals surface area (Å²) >= 11 is 0. The number of aromatic nitrogens is 3. The van der Waals surface area contributed by atoms with Crippen LogP contribution >= 0.6 is 0 Å². The van der Waals surface area contributed by atoms with Crippen LogP contribution in [0.1, 0.15) is 16.1 Å². The van der Waals surface area contributed by atoms with Gasteiger partial charge in [0, 0.05) is 19.8 Å². The molecule has 2 aromatic heterocycles. The second kappa shape index (κ2) is 3.48. The van der Waals surface area contributed by atoms with Crippen LogP contribution in [-0.4, -0.2) is 27.7 Å². The Balaban J connectivity index is 2.92. The van der Waals surface area contributed by atoms with Crippen LogP contribution in [0.25, 0.3) is 11.0 Å². The fraction of sp³-hybridized carbons (Fsp3) is 0.300. The molecular formula is C10H12N4O2. The first kappa shape index (κ1) is 10.4. The maximum Gasteiger partial charge on any atom is 0.274 e. The number of nitrogens with zero attached hydrogens (tertiary/aromatic N) is 2. The number of pyridine rings is 1. The molecule has 2 rings (SSSR count). The van der Waals surface area contributed by atoms with E-state index >= 15 is 0 Å². The molecule has 0 aromatic carbocycles. The number of aromatic amines is 1. The summed E-state index contributed by atoms with van der Waals surface area (Å²) in [6, 6.07) is 1.61. The number of aryl methyl sites for hydroxylation is 2. The third-order valence-electron chi connectivity index (χ3n) is 2.41. The van der Waals surface area contributed by atoms with Crippen LogP contribution in [0.2, 0.25) is 0 Å². The Morgan fingerprint density at radius 1 is 1.56 bits per heavy atom. The Labute approximate surface area is 91.3 Å². The molecule has 1 amide bonds. The van der Waals surface area contributed by atoms with Gasteiger partial charge in [-0.2, -0.15) is 0 Å². The summed E-state index contributed by atoms with van der Waals surface area (Å²) in [4.78, 5) is 27.5. The molecule has 0 aliphatic carbocycles. The van der Waals surface area contributed by atoms with Crippen molar-refractivity contribution in [3.63, 3.8) is 0 Å². The van der Waals surface area contributed by atoms with Crippen LogP contribution in [0.5, 0.6) is 0 Å². The molecule has 2 N–H and O–H groups in total. The first-order valence-electron chi connectivity index (χ1n) is 4.83. The minimum atomic E-state index is -0.302. The number of H-pyrrole nitrogens is 1. The number of carbonyl (C=O) groups is 1. The highest BCUT2D eigenvalue weighted by Gasteiger charge is 2.16. The van der Waals surface area contributed by atoms with Gasteiger partial charge in [0.2, 0.25) is 0 Å². The standard InChI is InChI=1S/C10H12N4O2/c1-5-4-6(9(15)11-2)7-8(12-5)14(3)13-10(7)16/h4H,1-3H3,(H,11,15)(H,13,16). The highest BCUT2D eigenvalue weighted by Crippen LogP contribution is 2.13. The summed E-state index contributed by atoms with van der Waals surface area (Å²) in [5.41, 5.74) is 1.24. The zero-order chi connectivity index (χ0) is 11.9. The van der Waals surface area contributed by atoms with Crippen LogP contribution < -0.4 is 10.9 Å². The molecule has 16 heavy (non-hydrogen) atoms. The molecule has 2 aromatic rings. The van der Waals surface area contributed by atoms with E-state index in [-0.39, 0.29) is 11.5 Å². The van der Waals surface area contributed by atoms with Gasteiger partial charge in [-0.1, -0.05) is 0 Å². The lowest BCUT2D eigenvalue weighted by Gasteiger charge is -2.02. The Morgan fingerprint density at radius 3 is 2.88 bits per heavy atom. The molecule has 6 heteroatoms. The van der Waals surface area contributed by atoms with Crippen molar-refractivity contribution in [2.45, 2.75) is 6.92 Å². The van der Waals surface area contributed by atoms with Gasteiger partial charge < -0.3 is 5.32 Å². The third kappa shape index (κ3) is 1.39. The Kier molecular flexibility index (Phi) is 2.26. The molecule has 0 saturated carbocycles. The van der Waals surface area contributed by atoms with E-state index in [4.69, 9.17) is 0 Å². The van der Waals surface area contributed by atoms with Crippen molar-refractivity contribution in [2.24, 2.45) is 7.05 Å². The normalized spacial score (nSPS) is 10.7. The quantitative estimate of drug-likeness (QED) is 0.706. The summed E-state index contributed by atoms with van der Waals surface area (Å²) < 4.78 is 1.51. The molecule has 0 saturated heterocycles. The Morgan fingerprint density at radius 2 is 2.25 bits per heavy atom. The summed E-state index contributed by atoms with van der Waals surface area (Å²) in [7, 11) is 3.21. The Bertz CT molecular complexity index is 624. The molecule has 0 aliphatic rings. The number of rotatable bonds is 1. The highest BCUT2D eigenvalue weighted by atomic mass is 16.2. The second-order valence-electron chi connectivity index (χ2n) is 3.59. The minimum Gasteiger partial charge on any atom is -0.355 e. The van der Waals surface area contributed by atoms with Crippen LogP contribution in [-0.2, 0) is 7.05 Å². The maximum atomic E-state index is 11.7. The molecule has 6 nitrogen and oxygen atoms in total. The van der Waals surface area contributed by atoms with E-state index < -0.39 is 0 Å². The summed E-state index contributed by atoms with van der Waals surface area (Å²) in [5, 5.41) is 5.42. The maximum absolute atomic E-state index is 11.7. The lowest BCUT2D eigenvalue weighted by Crippen LogP contribution is -2.20. The summed E-state index contributed by atoms with van der Waals surface area (Å²) in [6.45, 7) is 1.78. The SMILES string of the molecule is CNC(=O)c1cc(C)nc2c1c(=O)[nH]n2C. The predicted octanol–water partition coefficient (Wildman–Crippen LogP) is -0.0704. The molecule has 84 valence electrons. The lowest BCUT2D eigenvalue weighted by molar-refractivity contribution is 0.0964. The minimum absolute atomic E-state index is 0.285. The molecule has 2 heterocycles. The van der Waals surface area contributed by atoms with E-state index in [0.29, 0.717) is 22.3 Å². The smallest absolute Gasteiger partial charge is 0.274 e. The van der Waals surface area contributed by atoms with Gasteiger partial charge in [-0.05, 0) is 13.0 Å². The van der Waals surface area contributed by atoms with Crippen molar-refractivity contribution in [1.29, 1.82) is 0 Å². The van der Waals surface area contributed by atoms with E-state index in [0.717, 1.165) is 0 Å². The monoisotopic (exact) mass is 220 g/mol. The van der Waals surface area contributed by atoms with Crippen LogP contribution in [0.4, 0.5) is 0 Å². The highest BCUT2D eigenvalue weighted by molar-refractivity contribution is 6.05. The number of hydrogen-bond acceptors (Lipinski definition) is 3. The third-order valence-corrected chi connectivity index (χ3v) is 2.41. The van der Waals surface area contributed by atoms with Gasteiger partial charge in [0.1, 0.15) is 0 Å². The molecule has 0 fully saturated rings. The van der Waals surface area contributed by atoms with Gasteiger partial charge in [0.05, 0.1) is 10.9 Å². The van der Waals surface area contributed by atoms with Crippen molar-refractivity contribution in [3.05, 3.63) is 27.7 Å². The summed E-state index contributed by atoms with van der Waals surface area (Å²) in [5.74, 6) is -0.285. The lowest BCUT2D eigenvalue weighted by atomic mass is 10.1. The number of amides is 1. The zero-order valence-electron chi connectivity index (χ0n) is 9.29. The molecule has 0 radical (unpaired) electrons. The van der Waals surface area contributed by atoms with Crippen molar-refractivity contribution >= 4 is 16.9 Å². The Hall–Kier alpha value is -2.11. The van der Waals surface area contributed by atoms with Crippen molar-refractivity contribution in [3.8, 4) is 0 Å². The predicted molar refractivity (Wildman–Crippen MR) is 59.5 cm³/mol. The molecule has 0 atom stereocenters. The average Bonchev–Trinajstić information content (AvgIpc) is 2.52. The fourth-order valence-electron chi connectivity index (χ4n) is 1.70. The van der Waals surface area contributed by atoms with Crippen molar-refractivity contribution in [2.75, 3.05) is 7.05 Å². The number of hydrogen-bond donors (Lipinski definition) is 2.